The number of hydrogen-bond acceptors (Lipinski definition) is 2. The molecule has 0 bridgehead atoms. The van der Waals surface area contributed by atoms with Crippen molar-refractivity contribution in [2.45, 2.75) is 6.42 Å². The number of hydrogen-bond donors (Lipinski definition) is 0. The van der Waals surface area contributed by atoms with Crippen LogP contribution in [0, 0.1) is 0 Å². The third kappa shape index (κ3) is 2.31. The monoisotopic (exact) mass is 246 g/mol. The first-order valence-electron chi connectivity index (χ1n) is 4.13. The van der Waals surface area contributed by atoms with Crippen molar-refractivity contribution in [1.29, 1.82) is 0 Å². The van der Waals surface area contributed by atoms with Crippen molar-refractivity contribution in [1.82, 2.24) is 6.61 Å². The third-order valence-electron chi connectivity index (χ3n) is 1.77. The Labute approximate surface area is 82.3 Å². The van der Waals surface area contributed by atoms with Gasteiger partial charge in [-0.2, -0.15) is 0 Å². The molecule has 0 atom stereocenters. The Balaban J connectivity index is 2.66. The van der Waals surface area contributed by atoms with Crippen molar-refractivity contribution in [2.75, 3.05) is 28.2 Å². The first kappa shape index (κ1) is 10.2. The van der Waals surface area contributed by atoms with E-state index in [0.717, 1.165) is 0 Å². The Kier molecular flexibility index (Phi) is 3.75. The van der Waals surface area contributed by atoms with E-state index in [1.807, 2.05) is 0 Å². The molecule has 0 fully saturated rings. The summed E-state index contributed by atoms with van der Waals surface area (Å²) in [6.07, 6.45) is 7.90. The number of nitrogens with zero attached hydrogens (tertiary/aromatic N) is 2. The molecule has 0 saturated heterocycles. The molecule has 0 aromatic heterocycles. The molecule has 12 heavy (non-hydrogen) atoms. The second kappa shape index (κ2) is 4.40. The van der Waals surface area contributed by atoms with Crippen molar-refractivity contribution in [3.05, 3.63) is 22.0 Å². The maximum atomic E-state index is 2.42. The minimum absolute atomic E-state index is 1.18. The van der Waals surface area contributed by atoms with Crippen LogP contribution in [0.5, 0.6) is 0 Å². The first-order valence-corrected chi connectivity index (χ1v) is 7.20. The molecule has 2 nitrogen and oxygen atoms in total. The van der Waals surface area contributed by atoms with E-state index in [0.29, 0.717) is 0 Å². The Morgan fingerprint density at radius 3 is 2.08 bits per heavy atom. The molecule has 1 rings (SSSR count). The van der Waals surface area contributed by atoms with Crippen molar-refractivity contribution in [3.63, 3.8) is 0 Å². The SMILES string of the molecule is C[N](C)[Nb]([C]1=CC=CC1)[N](C)C. The molecule has 0 aliphatic heterocycles. The summed E-state index contributed by atoms with van der Waals surface area (Å²) in [5.74, 6) is 0. The normalized spacial score (nSPS) is 16.8. The molecular formula is C9H17N2Nb. The zero-order valence-electron chi connectivity index (χ0n) is 8.28. The molecular weight excluding hydrogens is 229 g/mol. The van der Waals surface area contributed by atoms with Gasteiger partial charge in [0.2, 0.25) is 0 Å². The minimum atomic E-state index is -1.42. The topological polar surface area (TPSA) is 6.48 Å². The summed E-state index contributed by atoms with van der Waals surface area (Å²) >= 11 is -1.42. The fraction of sp³-hybridized carbons (Fsp3) is 0.556. The Morgan fingerprint density at radius 2 is 1.75 bits per heavy atom. The molecule has 0 radical (unpaired) electrons. The van der Waals surface area contributed by atoms with E-state index < -0.39 is 19.0 Å². The van der Waals surface area contributed by atoms with Crippen LogP contribution in [0.1, 0.15) is 6.42 Å². The second-order valence-electron chi connectivity index (χ2n) is 3.27. The first-order chi connectivity index (χ1) is 5.63. The van der Waals surface area contributed by atoms with Crippen LogP contribution in [-0.4, -0.2) is 34.8 Å². The second-order valence-corrected chi connectivity index (χ2v) is 10.0. The molecule has 0 aromatic rings. The summed E-state index contributed by atoms with van der Waals surface area (Å²) in [5.41, 5.74) is 0. The van der Waals surface area contributed by atoms with Crippen molar-refractivity contribution < 1.29 is 19.0 Å². The van der Waals surface area contributed by atoms with Crippen LogP contribution >= 0.6 is 0 Å². The molecule has 0 heterocycles. The van der Waals surface area contributed by atoms with Gasteiger partial charge in [-0.3, -0.25) is 0 Å². The Morgan fingerprint density at radius 1 is 1.17 bits per heavy atom. The van der Waals surface area contributed by atoms with Crippen LogP contribution in [0.25, 0.3) is 0 Å². The molecule has 0 N–H and O–H groups in total. The van der Waals surface area contributed by atoms with Crippen LogP contribution in [0.15, 0.2) is 22.0 Å². The molecule has 3 heteroatoms. The average molecular weight is 246 g/mol. The van der Waals surface area contributed by atoms with Gasteiger partial charge in [-0.25, -0.2) is 0 Å². The van der Waals surface area contributed by atoms with Gasteiger partial charge in [-0.1, -0.05) is 0 Å². The predicted molar refractivity (Wildman–Crippen MR) is 49.2 cm³/mol. The molecule has 68 valence electrons. The maximum absolute atomic E-state index is 2.42. The van der Waals surface area contributed by atoms with Crippen molar-refractivity contribution in [2.24, 2.45) is 0 Å². The third-order valence-corrected chi connectivity index (χ3v) is 7.57. The molecule has 1 aliphatic rings. The summed E-state index contributed by atoms with van der Waals surface area (Å²) < 4.78 is 6.50. The predicted octanol–water partition coefficient (Wildman–Crippen LogP) is 1.40. The summed E-state index contributed by atoms with van der Waals surface area (Å²) in [4.78, 5) is 0. The Hall–Kier alpha value is 0.140. The van der Waals surface area contributed by atoms with Gasteiger partial charge < -0.3 is 0 Å². The van der Waals surface area contributed by atoms with Crippen LogP contribution in [-0.2, 0) is 19.0 Å². The van der Waals surface area contributed by atoms with Gasteiger partial charge in [0, 0.05) is 0 Å². The van der Waals surface area contributed by atoms with E-state index in [-0.39, 0.29) is 0 Å². The van der Waals surface area contributed by atoms with E-state index in [1.54, 1.807) is 3.79 Å². The van der Waals surface area contributed by atoms with Gasteiger partial charge in [0.05, 0.1) is 0 Å². The Bertz CT molecular complexity index is 199. The van der Waals surface area contributed by atoms with Crippen LogP contribution in [0.3, 0.4) is 0 Å². The van der Waals surface area contributed by atoms with E-state index >= 15 is 0 Å². The van der Waals surface area contributed by atoms with E-state index in [9.17, 15) is 0 Å². The number of allylic oxidation sites excluding steroid dienone is 4. The van der Waals surface area contributed by atoms with Crippen LogP contribution in [0.2, 0.25) is 0 Å². The molecule has 1 aliphatic carbocycles. The van der Waals surface area contributed by atoms with E-state index in [4.69, 9.17) is 0 Å². The fourth-order valence-corrected chi connectivity index (χ4v) is 6.94. The molecule has 0 amide bonds. The van der Waals surface area contributed by atoms with Crippen molar-refractivity contribution in [3.8, 4) is 0 Å². The molecule has 0 spiro atoms. The van der Waals surface area contributed by atoms with Gasteiger partial charge in [-0.15, -0.1) is 0 Å². The zero-order valence-corrected chi connectivity index (χ0v) is 10.5. The van der Waals surface area contributed by atoms with Gasteiger partial charge in [0.25, 0.3) is 0 Å². The molecule has 0 saturated carbocycles. The van der Waals surface area contributed by atoms with Crippen LogP contribution in [0.4, 0.5) is 0 Å². The molecule has 0 aromatic carbocycles. The van der Waals surface area contributed by atoms with E-state index in [1.165, 1.54) is 6.42 Å². The summed E-state index contributed by atoms with van der Waals surface area (Å²) in [6.45, 7) is 0. The standard InChI is InChI=1S/C5H5.2C2H6N.Nb/c1-2-4-5-3-1;2*1-3-2;/h1-3H,4H2;2*1-2H3;/q;2*-1;+2. The quantitative estimate of drug-likeness (QED) is 0.694. The summed E-state index contributed by atoms with van der Waals surface area (Å²) in [6, 6.07) is 0. The van der Waals surface area contributed by atoms with Crippen molar-refractivity contribution >= 4 is 0 Å². The van der Waals surface area contributed by atoms with Gasteiger partial charge in [-0.05, 0) is 0 Å². The molecule has 0 unspecified atom stereocenters. The van der Waals surface area contributed by atoms with Gasteiger partial charge in [0.1, 0.15) is 0 Å². The average Bonchev–Trinajstić information content (AvgIpc) is 2.37. The summed E-state index contributed by atoms with van der Waals surface area (Å²) in [5, 5.41) is 0. The number of rotatable bonds is 3. The van der Waals surface area contributed by atoms with Gasteiger partial charge in [0.15, 0.2) is 0 Å². The van der Waals surface area contributed by atoms with E-state index in [2.05, 4.69) is 53.0 Å². The fourth-order valence-electron chi connectivity index (χ4n) is 1.46. The van der Waals surface area contributed by atoms with Crippen LogP contribution < -0.4 is 0 Å². The van der Waals surface area contributed by atoms with Gasteiger partial charge >= 0.3 is 82.2 Å². The summed E-state index contributed by atoms with van der Waals surface area (Å²) in [7, 11) is 8.79. The zero-order chi connectivity index (χ0) is 9.14.